The minimum Gasteiger partial charge on any atom is -0.347 e. The number of amides is 2. The molecule has 1 aliphatic rings. The molecule has 4 nitrogen and oxygen atoms in total. The van der Waals surface area contributed by atoms with Crippen molar-refractivity contribution in [3.63, 3.8) is 0 Å². The van der Waals surface area contributed by atoms with Gasteiger partial charge in [-0.1, -0.05) is 18.2 Å². The van der Waals surface area contributed by atoms with E-state index in [1.165, 1.54) is 17.4 Å². The van der Waals surface area contributed by atoms with Crippen LogP contribution in [-0.4, -0.2) is 18.4 Å². The lowest BCUT2D eigenvalue weighted by Gasteiger charge is -2.16. The number of rotatable bonds is 4. The Morgan fingerprint density at radius 2 is 2.00 bits per heavy atom. The van der Waals surface area contributed by atoms with Gasteiger partial charge >= 0.3 is 0 Å². The molecule has 1 aromatic heterocycles. The zero-order chi connectivity index (χ0) is 18.1. The molecule has 132 valence electrons. The van der Waals surface area contributed by atoms with Gasteiger partial charge in [0.1, 0.15) is 5.82 Å². The number of halogens is 1. The number of nitrogens with zero attached hydrogens (tertiary/aromatic N) is 1. The van der Waals surface area contributed by atoms with Crippen molar-refractivity contribution in [3.8, 4) is 0 Å². The van der Waals surface area contributed by atoms with Crippen LogP contribution >= 0.6 is 11.3 Å². The lowest BCUT2D eigenvalue weighted by atomic mass is 10.2. The monoisotopic (exact) mass is 368 g/mol. The number of thiophene rings is 1. The highest BCUT2D eigenvalue weighted by Crippen LogP contribution is 2.27. The van der Waals surface area contributed by atoms with Gasteiger partial charge < -0.3 is 10.2 Å². The van der Waals surface area contributed by atoms with Gasteiger partial charge in [-0.2, -0.15) is 0 Å². The van der Waals surface area contributed by atoms with Crippen LogP contribution in [-0.2, 0) is 11.3 Å². The number of anilines is 1. The highest BCUT2D eigenvalue weighted by molar-refractivity contribution is 7.20. The Hall–Kier alpha value is -2.73. The molecule has 1 fully saturated rings. The summed E-state index contributed by atoms with van der Waals surface area (Å²) in [5.41, 5.74) is 1.84. The molecule has 0 saturated carbocycles. The van der Waals surface area contributed by atoms with Crippen LogP contribution in [0, 0.1) is 5.82 Å². The van der Waals surface area contributed by atoms with Crippen LogP contribution in [0.4, 0.5) is 10.1 Å². The van der Waals surface area contributed by atoms with E-state index >= 15 is 0 Å². The Balaban J connectivity index is 1.42. The molecule has 2 heterocycles. The van der Waals surface area contributed by atoms with Crippen molar-refractivity contribution >= 4 is 38.9 Å². The number of hydrogen-bond acceptors (Lipinski definition) is 3. The first kappa shape index (κ1) is 16.7. The molecule has 26 heavy (non-hydrogen) atoms. The van der Waals surface area contributed by atoms with Crippen molar-refractivity contribution in [2.24, 2.45) is 0 Å². The highest BCUT2D eigenvalue weighted by atomic mass is 32.1. The lowest BCUT2D eigenvalue weighted by molar-refractivity contribution is -0.117. The molecule has 1 aliphatic heterocycles. The minimum atomic E-state index is -0.315. The molecular formula is C20H17FN2O2S. The van der Waals surface area contributed by atoms with Crippen molar-refractivity contribution in [1.29, 1.82) is 0 Å². The number of nitrogens with one attached hydrogen (secondary N) is 1. The van der Waals surface area contributed by atoms with E-state index < -0.39 is 0 Å². The van der Waals surface area contributed by atoms with Crippen molar-refractivity contribution in [3.05, 3.63) is 64.8 Å². The third kappa shape index (κ3) is 3.20. The molecule has 0 bridgehead atoms. The molecule has 0 atom stereocenters. The zero-order valence-corrected chi connectivity index (χ0v) is 14.8. The second-order valence-electron chi connectivity index (χ2n) is 6.26. The van der Waals surface area contributed by atoms with E-state index in [4.69, 9.17) is 0 Å². The van der Waals surface area contributed by atoms with Crippen molar-refractivity contribution < 1.29 is 14.0 Å². The van der Waals surface area contributed by atoms with Crippen molar-refractivity contribution in [1.82, 2.24) is 5.32 Å². The summed E-state index contributed by atoms with van der Waals surface area (Å²) in [5.74, 6) is -0.378. The summed E-state index contributed by atoms with van der Waals surface area (Å²) >= 11 is 1.28. The first-order valence-electron chi connectivity index (χ1n) is 8.47. The Kier molecular flexibility index (Phi) is 4.42. The van der Waals surface area contributed by atoms with E-state index in [-0.39, 0.29) is 17.6 Å². The van der Waals surface area contributed by atoms with Crippen LogP contribution in [0.1, 0.15) is 28.1 Å². The highest BCUT2D eigenvalue weighted by Gasteiger charge is 2.21. The number of benzene rings is 2. The van der Waals surface area contributed by atoms with E-state index in [0.717, 1.165) is 28.9 Å². The molecule has 1 N–H and O–H groups in total. The largest absolute Gasteiger partial charge is 0.347 e. The van der Waals surface area contributed by atoms with Gasteiger partial charge in [-0.15, -0.1) is 11.3 Å². The Morgan fingerprint density at radius 3 is 2.69 bits per heavy atom. The number of carbonyl (C=O) groups is 2. The Morgan fingerprint density at radius 1 is 1.19 bits per heavy atom. The molecule has 1 saturated heterocycles. The quantitative estimate of drug-likeness (QED) is 0.754. The van der Waals surface area contributed by atoms with E-state index in [1.54, 1.807) is 23.1 Å². The minimum absolute atomic E-state index is 0.156. The van der Waals surface area contributed by atoms with E-state index in [2.05, 4.69) is 5.32 Å². The van der Waals surface area contributed by atoms with Gasteiger partial charge in [0.25, 0.3) is 5.91 Å². The maximum Gasteiger partial charge on any atom is 0.261 e. The zero-order valence-electron chi connectivity index (χ0n) is 14.0. The predicted molar refractivity (Wildman–Crippen MR) is 101 cm³/mol. The van der Waals surface area contributed by atoms with Crippen LogP contribution in [0.15, 0.2) is 48.5 Å². The van der Waals surface area contributed by atoms with Gasteiger partial charge in [-0.05, 0) is 42.3 Å². The van der Waals surface area contributed by atoms with Gasteiger partial charge in [-0.25, -0.2) is 4.39 Å². The molecule has 3 aromatic rings. The van der Waals surface area contributed by atoms with Gasteiger partial charge in [0.15, 0.2) is 0 Å². The number of carbonyl (C=O) groups excluding carboxylic acids is 2. The molecule has 0 aliphatic carbocycles. The van der Waals surface area contributed by atoms with Crippen molar-refractivity contribution in [2.45, 2.75) is 19.4 Å². The van der Waals surface area contributed by atoms with Crippen molar-refractivity contribution in [2.75, 3.05) is 11.4 Å². The van der Waals surface area contributed by atoms with Crippen LogP contribution in [0.25, 0.3) is 10.1 Å². The lowest BCUT2D eigenvalue weighted by Crippen LogP contribution is -2.24. The Labute approximate surface area is 154 Å². The maximum absolute atomic E-state index is 13.8. The maximum atomic E-state index is 13.8. The summed E-state index contributed by atoms with van der Waals surface area (Å²) in [5, 5.41) is 3.34. The summed E-state index contributed by atoms with van der Waals surface area (Å²) in [6.45, 7) is 1.14. The molecule has 2 amide bonds. The molecule has 4 rings (SSSR count). The summed E-state index contributed by atoms with van der Waals surface area (Å²) < 4.78 is 14.5. The number of fused-ring (bicyclic) bond motifs is 1. The van der Waals surface area contributed by atoms with Gasteiger partial charge in [0.05, 0.1) is 4.88 Å². The second-order valence-corrected chi connectivity index (χ2v) is 7.34. The first-order valence-corrected chi connectivity index (χ1v) is 9.29. The third-order valence-corrected chi connectivity index (χ3v) is 5.61. The molecule has 0 spiro atoms. The summed E-state index contributed by atoms with van der Waals surface area (Å²) in [6.07, 6.45) is 1.50. The van der Waals surface area contributed by atoms with Gasteiger partial charge in [-0.3, -0.25) is 9.59 Å². The van der Waals surface area contributed by atoms with Crippen LogP contribution in [0.2, 0.25) is 0 Å². The SMILES string of the molecule is O=C(NCc1ccc(N2CCCC2=O)cc1)c1cc2c(F)cccc2s1. The Bertz CT molecular complexity index is 981. The molecule has 2 aromatic carbocycles. The summed E-state index contributed by atoms with van der Waals surface area (Å²) in [4.78, 5) is 26.4. The average Bonchev–Trinajstić information content (AvgIpc) is 3.27. The van der Waals surface area contributed by atoms with E-state index in [0.29, 0.717) is 23.2 Å². The third-order valence-electron chi connectivity index (χ3n) is 4.51. The summed E-state index contributed by atoms with van der Waals surface area (Å²) in [6, 6.07) is 14.0. The first-order chi connectivity index (χ1) is 12.6. The summed E-state index contributed by atoms with van der Waals surface area (Å²) in [7, 11) is 0. The fraction of sp³-hybridized carbons (Fsp3) is 0.200. The smallest absolute Gasteiger partial charge is 0.261 e. The molecule has 0 unspecified atom stereocenters. The average molecular weight is 368 g/mol. The normalized spacial score (nSPS) is 14.2. The predicted octanol–water partition coefficient (Wildman–Crippen LogP) is 4.10. The number of hydrogen-bond donors (Lipinski definition) is 1. The van der Waals surface area contributed by atoms with Crippen LogP contribution in [0.3, 0.4) is 0 Å². The van der Waals surface area contributed by atoms with Crippen LogP contribution in [0.5, 0.6) is 0 Å². The van der Waals surface area contributed by atoms with Crippen LogP contribution < -0.4 is 10.2 Å². The van der Waals surface area contributed by atoms with E-state index in [1.807, 2.05) is 24.3 Å². The topological polar surface area (TPSA) is 49.4 Å². The molecule has 6 heteroatoms. The van der Waals surface area contributed by atoms with Gasteiger partial charge in [0.2, 0.25) is 5.91 Å². The fourth-order valence-electron chi connectivity index (χ4n) is 3.12. The standard InChI is InChI=1S/C20H17FN2O2S/c21-16-3-1-4-17-15(16)11-18(26-17)20(25)22-12-13-6-8-14(9-7-13)23-10-2-5-19(23)24/h1,3-4,6-9,11H,2,5,10,12H2,(H,22,25). The van der Waals surface area contributed by atoms with Gasteiger partial charge in [0, 0.05) is 35.3 Å². The molecule has 0 radical (unpaired) electrons. The molecular weight excluding hydrogens is 351 g/mol. The van der Waals surface area contributed by atoms with E-state index in [9.17, 15) is 14.0 Å². The second kappa shape index (κ2) is 6.88. The fourth-order valence-corrected chi connectivity index (χ4v) is 4.11.